The second-order valence-corrected chi connectivity index (χ2v) is 5.31. The number of amides is 1. The molecular formula is C15H23Cl2N5O. The molecule has 0 aliphatic heterocycles. The fourth-order valence-corrected chi connectivity index (χ4v) is 2.08. The number of hydrogen-bond donors (Lipinski definition) is 2. The van der Waals surface area contributed by atoms with Crippen LogP contribution in [0.15, 0.2) is 30.6 Å². The highest BCUT2D eigenvalue weighted by atomic mass is 35.5. The Kier molecular flexibility index (Phi) is 9.29. The summed E-state index contributed by atoms with van der Waals surface area (Å²) >= 11 is 0. The van der Waals surface area contributed by atoms with Gasteiger partial charge in [-0.05, 0) is 17.7 Å². The van der Waals surface area contributed by atoms with Gasteiger partial charge in [-0.2, -0.15) is 0 Å². The highest BCUT2D eigenvalue weighted by Gasteiger charge is 2.08. The maximum absolute atomic E-state index is 11.9. The third kappa shape index (κ3) is 6.46. The van der Waals surface area contributed by atoms with Crippen LogP contribution in [0, 0.1) is 0 Å². The van der Waals surface area contributed by atoms with E-state index in [9.17, 15) is 4.79 Å². The molecule has 0 saturated heterocycles. The third-order valence-corrected chi connectivity index (χ3v) is 3.18. The molecular weight excluding hydrogens is 337 g/mol. The van der Waals surface area contributed by atoms with Crippen molar-refractivity contribution in [3.8, 4) is 0 Å². The van der Waals surface area contributed by atoms with Crippen molar-refractivity contribution in [1.82, 2.24) is 20.1 Å². The van der Waals surface area contributed by atoms with E-state index in [2.05, 4.69) is 29.4 Å². The van der Waals surface area contributed by atoms with Crippen molar-refractivity contribution in [2.75, 3.05) is 12.3 Å². The summed E-state index contributed by atoms with van der Waals surface area (Å²) in [5.41, 5.74) is 7.27. The monoisotopic (exact) mass is 359 g/mol. The van der Waals surface area contributed by atoms with Gasteiger partial charge in [-0.1, -0.05) is 26.0 Å². The lowest BCUT2D eigenvalue weighted by Gasteiger charge is -2.10. The van der Waals surface area contributed by atoms with Crippen molar-refractivity contribution in [2.45, 2.75) is 32.7 Å². The molecule has 6 nitrogen and oxygen atoms in total. The van der Waals surface area contributed by atoms with Gasteiger partial charge in [0.25, 0.3) is 0 Å². The number of aromatic nitrogens is 3. The van der Waals surface area contributed by atoms with E-state index < -0.39 is 0 Å². The molecule has 128 valence electrons. The van der Waals surface area contributed by atoms with Crippen LogP contribution in [0.5, 0.6) is 0 Å². The number of carbonyl (C=O) groups is 1. The van der Waals surface area contributed by atoms with Crippen LogP contribution in [0.3, 0.4) is 0 Å². The van der Waals surface area contributed by atoms with Gasteiger partial charge in [0, 0.05) is 24.7 Å². The number of benzene rings is 1. The molecule has 8 heteroatoms. The van der Waals surface area contributed by atoms with Crippen molar-refractivity contribution in [3.05, 3.63) is 42.0 Å². The number of hydrogen-bond acceptors (Lipinski definition) is 4. The predicted molar refractivity (Wildman–Crippen MR) is 96.2 cm³/mol. The van der Waals surface area contributed by atoms with Crippen LogP contribution in [0.4, 0.5) is 5.69 Å². The summed E-state index contributed by atoms with van der Waals surface area (Å²) in [5, 5.41) is 10.9. The minimum atomic E-state index is -0.000979. The summed E-state index contributed by atoms with van der Waals surface area (Å²) < 4.78 is 1.97. The molecule has 23 heavy (non-hydrogen) atoms. The number of rotatable bonds is 6. The van der Waals surface area contributed by atoms with E-state index in [1.807, 2.05) is 16.7 Å². The van der Waals surface area contributed by atoms with Crippen LogP contribution in [0.2, 0.25) is 0 Å². The standard InChI is InChI=1S/C15H21N5O.2ClH/c1-11(2)15-19-18-10-20(15)8-7-17-14(21)9-12-3-5-13(16)6-4-12;;/h3-6,10-11H,7-9,16H2,1-2H3,(H,17,21);2*1H. The van der Waals surface area contributed by atoms with Crippen molar-refractivity contribution >= 4 is 36.4 Å². The Balaban J connectivity index is 0.00000242. The number of halogens is 2. The SMILES string of the molecule is CC(C)c1nncn1CCNC(=O)Cc1ccc(N)cc1.Cl.Cl. The predicted octanol–water partition coefficient (Wildman–Crippen LogP) is 2.19. The number of anilines is 1. The molecule has 0 spiro atoms. The first-order valence-electron chi connectivity index (χ1n) is 7.05. The maximum Gasteiger partial charge on any atom is 0.224 e. The first-order chi connectivity index (χ1) is 10.1. The lowest BCUT2D eigenvalue weighted by Crippen LogP contribution is -2.29. The molecule has 1 aromatic heterocycles. The second kappa shape index (κ2) is 10.1. The van der Waals surface area contributed by atoms with E-state index in [-0.39, 0.29) is 30.7 Å². The van der Waals surface area contributed by atoms with Crippen molar-refractivity contribution in [2.24, 2.45) is 0 Å². The Morgan fingerprint density at radius 1 is 1.26 bits per heavy atom. The lowest BCUT2D eigenvalue weighted by molar-refractivity contribution is -0.120. The van der Waals surface area contributed by atoms with Gasteiger partial charge in [-0.15, -0.1) is 35.0 Å². The Labute approximate surface area is 148 Å². The Hall–Kier alpha value is -1.79. The van der Waals surface area contributed by atoms with Crippen LogP contribution < -0.4 is 11.1 Å². The zero-order valence-corrected chi connectivity index (χ0v) is 14.9. The number of nitrogen functional groups attached to an aromatic ring is 1. The quantitative estimate of drug-likeness (QED) is 0.774. The smallest absolute Gasteiger partial charge is 0.224 e. The molecule has 0 atom stereocenters. The summed E-state index contributed by atoms with van der Waals surface area (Å²) in [6.45, 7) is 5.37. The highest BCUT2D eigenvalue weighted by Crippen LogP contribution is 2.09. The van der Waals surface area contributed by atoms with Crippen molar-refractivity contribution < 1.29 is 4.79 Å². The minimum absolute atomic E-state index is 0. The summed E-state index contributed by atoms with van der Waals surface area (Å²) in [7, 11) is 0. The summed E-state index contributed by atoms with van der Waals surface area (Å²) in [6, 6.07) is 7.33. The summed E-state index contributed by atoms with van der Waals surface area (Å²) in [5.74, 6) is 1.25. The van der Waals surface area contributed by atoms with Crippen LogP contribution in [0.1, 0.15) is 31.2 Å². The zero-order chi connectivity index (χ0) is 15.2. The van der Waals surface area contributed by atoms with Crippen LogP contribution in [-0.4, -0.2) is 27.2 Å². The maximum atomic E-state index is 11.9. The molecule has 3 N–H and O–H groups in total. The van der Waals surface area contributed by atoms with E-state index in [1.165, 1.54) is 0 Å². The van der Waals surface area contributed by atoms with E-state index in [0.717, 1.165) is 11.4 Å². The Bertz CT molecular complexity index is 598. The fourth-order valence-electron chi connectivity index (χ4n) is 2.08. The summed E-state index contributed by atoms with van der Waals surface area (Å²) in [6.07, 6.45) is 2.06. The van der Waals surface area contributed by atoms with Crippen LogP contribution >= 0.6 is 24.8 Å². The minimum Gasteiger partial charge on any atom is -0.399 e. The molecule has 0 aliphatic carbocycles. The van der Waals surface area contributed by atoms with E-state index in [1.54, 1.807) is 18.5 Å². The molecule has 1 aromatic carbocycles. The zero-order valence-electron chi connectivity index (χ0n) is 13.2. The first kappa shape index (κ1) is 21.2. The molecule has 0 unspecified atom stereocenters. The van der Waals surface area contributed by atoms with Crippen molar-refractivity contribution in [3.63, 3.8) is 0 Å². The van der Waals surface area contributed by atoms with Gasteiger partial charge in [0.2, 0.25) is 5.91 Å². The number of nitrogens with one attached hydrogen (secondary N) is 1. The van der Waals surface area contributed by atoms with Crippen molar-refractivity contribution in [1.29, 1.82) is 0 Å². The largest absolute Gasteiger partial charge is 0.399 e. The van der Waals surface area contributed by atoms with Gasteiger partial charge in [0.1, 0.15) is 12.2 Å². The lowest BCUT2D eigenvalue weighted by atomic mass is 10.1. The average Bonchev–Trinajstić information content (AvgIpc) is 2.90. The van der Waals surface area contributed by atoms with E-state index >= 15 is 0 Å². The number of nitrogens with two attached hydrogens (primary N) is 1. The van der Waals surface area contributed by atoms with E-state index in [4.69, 9.17) is 5.73 Å². The molecule has 0 aliphatic rings. The van der Waals surface area contributed by atoms with Gasteiger partial charge >= 0.3 is 0 Å². The number of nitrogens with zero attached hydrogens (tertiary/aromatic N) is 3. The van der Waals surface area contributed by atoms with Gasteiger partial charge < -0.3 is 15.6 Å². The van der Waals surface area contributed by atoms with Crippen LogP contribution in [-0.2, 0) is 17.8 Å². The molecule has 2 rings (SSSR count). The van der Waals surface area contributed by atoms with E-state index in [0.29, 0.717) is 31.1 Å². The third-order valence-electron chi connectivity index (χ3n) is 3.18. The molecule has 0 radical (unpaired) electrons. The molecule has 1 amide bonds. The first-order valence-corrected chi connectivity index (χ1v) is 7.05. The topological polar surface area (TPSA) is 85.8 Å². The number of carbonyl (C=O) groups excluding carboxylic acids is 1. The Morgan fingerprint density at radius 2 is 1.91 bits per heavy atom. The average molecular weight is 360 g/mol. The molecule has 1 heterocycles. The second-order valence-electron chi connectivity index (χ2n) is 5.31. The summed E-state index contributed by atoms with van der Waals surface area (Å²) in [4.78, 5) is 11.9. The molecule has 0 bridgehead atoms. The van der Waals surface area contributed by atoms with Gasteiger partial charge in [-0.25, -0.2) is 0 Å². The normalized spacial score (nSPS) is 9.87. The Morgan fingerprint density at radius 3 is 2.52 bits per heavy atom. The highest BCUT2D eigenvalue weighted by molar-refractivity contribution is 5.85. The van der Waals surface area contributed by atoms with Gasteiger partial charge in [0.15, 0.2) is 0 Å². The van der Waals surface area contributed by atoms with Gasteiger partial charge in [-0.3, -0.25) is 4.79 Å². The van der Waals surface area contributed by atoms with Gasteiger partial charge in [0.05, 0.1) is 6.42 Å². The molecule has 0 saturated carbocycles. The van der Waals surface area contributed by atoms with Crippen LogP contribution in [0.25, 0.3) is 0 Å². The molecule has 0 fully saturated rings. The fraction of sp³-hybridized carbons (Fsp3) is 0.400. The molecule has 2 aromatic rings.